The lowest BCUT2D eigenvalue weighted by Crippen LogP contribution is -1.76. The lowest BCUT2D eigenvalue weighted by molar-refractivity contribution is 0.616. The minimum atomic E-state index is 0.928. The Kier molecular flexibility index (Phi) is 2.15. The molecule has 0 aliphatic rings. The number of hydrogen-bond donors (Lipinski definition) is 0. The van der Waals surface area contributed by atoms with Gasteiger partial charge in [-0.1, -0.05) is 12.6 Å². The van der Waals surface area contributed by atoms with E-state index in [4.69, 9.17) is 4.42 Å². The standard InChI is InChI=1S/C11H10OS/c1-8(13-2)9-3-4-11-10(7-9)5-6-12-11/h3-7H,1H2,2H3. The van der Waals surface area contributed by atoms with Crippen molar-refractivity contribution < 1.29 is 4.42 Å². The van der Waals surface area contributed by atoms with Crippen molar-refractivity contribution in [3.05, 3.63) is 42.7 Å². The van der Waals surface area contributed by atoms with Crippen molar-refractivity contribution in [1.82, 2.24) is 0 Å². The summed E-state index contributed by atoms with van der Waals surface area (Å²) in [5.41, 5.74) is 2.10. The number of hydrogen-bond acceptors (Lipinski definition) is 2. The Morgan fingerprint density at radius 2 is 2.23 bits per heavy atom. The Morgan fingerprint density at radius 1 is 1.38 bits per heavy atom. The van der Waals surface area contributed by atoms with Crippen molar-refractivity contribution >= 4 is 27.6 Å². The van der Waals surface area contributed by atoms with Gasteiger partial charge in [-0.3, -0.25) is 0 Å². The first-order valence-electron chi connectivity index (χ1n) is 4.02. The monoisotopic (exact) mass is 190 g/mol. The van der Waals surface area contributed by atoms with Gasteiger partial charge in [0, 0.05) is 10.3 Å². The van der Waals surface area contributed by atoms with Crippen LogP contribution in [0.25, 0.3) is 15.9 Å². The van der Waals surface area contributed by atoms with Gasteiger partial charge in [0.1, 0.15) is 5.58 Å². The van der Waals surface area contributed by atoms with Gasteiger partial charge in [0.15, 0.2) is 0 Å². The molecule has 0 saturated heterocycles. The molecule has 13 heavy (non-hydrogen) atoms. The van der Waals surface area contributed by atoms with E-state index in [0.29, 0.717) is 0 Å². The van der Waals surface area contributed by atoms with Crippen LogP contribution in [0.15, 0.2) is 41.5 Å². The van der Waals surface area contributed by atoms with Crippen LogP contribution in [0.3, 0.4) is 0 Å². The fourth-order valence-corrected chi connectivity index (χ4v) is 1.62. The zero-order valence-corrected chi connectivity index (χ0v) is 8.23. The maximum absolute atomic E-state index is 5.25. The third-order valence-corrected chi connectivity index (χ3v) is 2.75. The van der Waals surface area contributed by atoms with Crippen LogP contribution >= 0.6 is 11.8 Å². The second-order valence-corrected chi connectivity index (χ2v) is 3.70. The maximum atomic E-state index is 5.25. The molecule has 0 saturated carbocycles. The van der Waals surface area contributed by atoms with E-state index >= 15 is 0 Å². The van der Waals surface area contributed by atoms with E-state index in [1.807, 2.05) is 24.5 Å². The zero-order chi connectivity index (χ0) is 9.26. The quantitative estimate of drug-likeness (QED) is 0.715. The Morgan fingerprint density at radius 3 is 3.00 bits per heavy atom. The highest BCUT2D eigenvalue weighted by Gasteiger charge is 2.00. The minimum Gasteiger partial charge on any atom is -0.464 e. The second-order valence-electron chi connectivity index (χ2n) is 2.80. The molecule has 2 aromatic rings. The molecule has 2 rings (SSSR count). The molecule has 1 aromatic carbocycles. The van der Waals surface area contributed by atoms with Gasteiger partial charge in [-0.15, -0.1) is 11.8 Å². The van der Waals surface area contributed by atoms with E-state index in [-0.39, 0.29) is 0 Å². The van der Waals surface area contributed by atoms with Gasteiger partial charge in [0.05, 0.1) is 6.26 Å². The smallest absolute Gasteiger partial charge is 0.133 e. The number of furan rings is 1. The molecule has 0 aliphatic carbocycles. The topological polar surface area (TPSA) is 13.1 Å². The lowest BCUT2D eigenvalue weighted by Gasteiger charge is -2.00. The van der Waals surface area contributed by atoms with E-state index in [2.05, 4.69) is 12.6 Å². The van der Waals surface area contributed by atoms with Crippen molar-refractivity contribution in [2.75, 3.05) is 6.26 Å². The van der Waals surface area contributed by atoms with Crippen molar-refractivity contribution in [2.45, 2.75) is 0 Å². The van der Waals surface area contributed by atoms with Gasteiger partial charge in [-0.25, -0.2) is 0 Å². The highest BCUT2D eigenvalue weighted by molar-refractivity contribution is 8.07. The van der Waals surface area contributed by atoms with Gasteiger partial charge in [-0.05, 0) is 30.0 Å². The van der Waals surface area contributed by atoms with Gasteiger partial charge in [0.2, 0.25) is 0 Å². The first-order chi connectivity index (χ1) is 6.31. The highest BCUT2D eigenvalue weighted by Crippen LogP contribution is 2.26. The zero-order valence-electron chi connectivity index (χ0n) is 7.41. The summed E-state index contributed by atoms with van der Waals surface area (Å²) < 4.78 is 5.25. The fourth-order valence-electron chi connectivity index (χ4n) is 1.26. The molecule has 0 N–H and O–H groups in total. The third kappa shape index (κ3) is 1.49. The molecule has 1 heterocycles. The third-order valence-electron chi connectivity index (χ3n) is 2.02. The maximum Gasteiger partial charge on any atom is 0.133 e. The van der Waals surface area contributed by atoms with E-state index in [9.17, 15) is 0 Å². The summed E-state index contributed by atoms with van der Waals surface area (Å²) in [6, 6.07) is 8.07. The van der Waals surface area contributed by atoms with E-state index in [0.717, 1.165) is 15.9 Å². The second kappa shape index (κ2) is 3.30. The molecule has 0 bridgehead atoms. The van der Waals surface area contributed by atoms with Gasteiger partial charge < -0.3 is 4.42 Å². The number of benzene rings is 1. The Balaban J connectivity index is 2.54. The first-order valence-corrected chi connectivity index (χ1v) is 5.24. The Bertz CT molecular complexity index is 442. The average Bonchev–Trinajstić information content (AvgIpc) is 2.63. The molecule has 2 heteroatoms. The molecule has 0 fully saturated rings. The van der Waals surface area contributed by atoms with E-state index < -0.39 is 0 Å². The van der Waals surface area contributed by atoms with Gasteiger partial charge in [-0.2, -0.15) is 0 Å². The van der Waals surface area contributed by atoms with Crippen LogP contribution in [-0.4, -0.2) is 6.26 Å². The molecule has 0 atom stereocenters. The van der Waals surface area contributed by atoms with Crippen LogP contribution in [0.5, 0.6) is 0 Å². The highest BCUT2D eigenvalue weighted by atomic mass is 32.2. The normalized spacial score (nSPS) is 10.5. The number of rotatable bonds is 2. The predicted octanol–water partition coefficient (Wildman–Crippen LogP) is 3.77. The predicted molar refractivity (Wildman–Crippen MR) is 58.8 cm³/mol. The van der Waals surface area contributed by atoms with Gasteiger partial charge in [0.25, 0.3) is 0 Å². The molecule has 66 valence electrons. The van der Waals surface area contributed by atoms with Gasteiger partial charge >= 0.3 is 0 Å². The molecule has 0 amide bonds. The summed E-state index contributed by atoms with van der Waals surface area (Å²) in [7, 11) is 0. The number of thioether (sulfide) groups is 1. The molecule has 1 aromatic heterocycles. The largest absolute Gasteiger partial charge is 0.464 e. The van der Waals surface area contributed by atoms with Crippen LogP contribution in [0, 0.1) is 0 Å². The van der Waals surface area contributed by atoms with Crippen molar-refractivity contribution in [1.29, 1.82) is 0 Å². The van der Waals surface area contributed by atoms with Crippen LogP contribution in [0.2, 0.25) is 0 Å². The van der Waals surface area contributed by atoms with Crippen LogP contribution in [-0.2, 0) is 0 Å². The molecule has 1 nitrogen and oxygen atoms in total. The molecule has 0 aliphatic heterocycles. The molecule has 0 unspecified atom stereocenters. The van der Waals surface area contributed by atoms with Crippen LogP contribution in [0.4, 0.5) is 0 Å². The van der Waals surface area contributed by atoms with Crippen LogP contribution < -0.4 is 0 Å². The average molecular weight is 190 g/mol. The first kappa shape index (κ1) is 8.45. The minimum absolute atomic E-state index is 0.928. The summed E-state index contributed by atoms with van der Waals surface area (Å²) >= 11 is 1.66. The molecule has 0 radical (unpaired) electrons. The van der Waals surface area contributed by atoms with Crippen molar-refractivity contribution in [3.8, 4) is 0 Å². The molecule has 0 spiro atoms. The number of fused-ring (bicyclic) bond motifs is 1. The van der Waals surface area contributed by atoms with Crippen molar-refractivity contribution in [3.63, 3.8) is 0 Å². The summed E-state index contributed by atoms with van der Waals surface area (Å²) in [4.78, 5) is 1.09. The molecular formula is C11H10OS. The van der Waals surface area contributed by atoms with Crippen molar-refractivity contribution in [2.24, 2.45) is 0 Å². The fraction of sp³-hybridized carbons (Fsp3) is 0.0909. The Labute approximate surface area is 81.4 Å². The Hall–Kier alpha value is -1.15. The van der Waals surface area contributed by atoms with E-state index in [1.165, 1.54) is 5.56 Å². The summed E-state index contributed by atoms with van der Waals surface area (Å²) in [5, 5.41) is 1.13. The summed E-state index contributed by atoms with van der Waals surface area (Å²) in [6.07, 6.45) is 3.73. The SMILES string of the molecule is C=C(SC)c1ccc2occc2c1. The van der Waals surface area contributed by atoms with E-state index in [1.54, 1.807) is 18.0 Å². The summed E-state index contributed by atoms with van der Waals surface area (Å²) in [6.45, 7) is 3.97. The van der Waals surface area contributed by atoms with Crippen LogP contribution in [0.1, 0.15) is 5.56 Å². The summed E-state index contributed by atoms with van der Waals surface area (Å²) in [5.74, 6) is 0. The lowest BCUT2D eigenvalue weighted by atomic mass is 10.1. The molecular weight excluding hydrogens is 180 g/mol.